The van der Waals surface area contributed by atoms with E-state index in [2.05, 4.69) is 0 Å². The van der Waals surface area contributed by atoms with Gasteiger partial charge in [-0.05, 0) is 33.6 Å². The molecule has 1 aliphatic rings. The summed E-state index contributed by atoms with van der Waals surface area (Å²) in [7, 11) is 0. The molecule has 0 bridgehead atoms. The maximum atomic E-state index is 12.1. The standard InChI is InChI=1S/C13H23NO3/c1-4-17-12(15)8-9-14(10(2)3)13(16)11-6-5-7-11/h10-11H,4-9H2,1-3H3. The molecule has 0 radical (unpaired) electrons. The highest BCUT2D eigenvalue weighted by atomic mass is 16.5. The molecule has 98 valence electrons. The molecule has 1 aliphatic carbocycles. The van der Waals surface area contributed by atoms with E-state index in [0.29, 0.717) is 19.6 Å². The van der Waals surface area contributed by atoms with Gasteiger partial charge in [-0.15, -0.1) is 0 Å². The van der Waals surface area contributed by atoms with Gasteiger partial charge in [0.1, 0.15) is 0 Å². The quantitative estimate of drug-likeness (QED) is 0.668. The molecule has 1 amide bonds. The van der Waals surface area contributed by atoms with E-state index in [-0.39, 0.29) is 23.8 Å². The van der Waals surface area contributed by atoms with Crippen LogP contribution < -0.4 is 0 Å². The van der Waals surface area contributed by atoms with Gasteiger partial charge in [-0.2, -0.15) is 0 Å². The van der Waals surface area contributed by atoms with Crippen LogP contribution in [0, 0.1) is 5.92 Å². The number of rotatable bonds is 6. The van der Waals surface area contributed by atoms with Gasteiger partial charge in [-0.3, -0.25) is 9.59 Å². The number of carbonyl (C=O) groups excluding carboxylic acids is 2. The van der Waals surface area contributed by atoms with Crippen molar-refractivity contribution in [3.63, 3.8) is 0 Å². The van der Waals surface area contributed by atoms with E-state index in [4.69, 9.17) is 4.74 Å². The van der Waals surface area contributed by atoms with Crippen molar-refractivity contribution < 1.29 is 14.3 Å². The second kappa shape index (κ2) is 6.62. The molecule has 1 saturated carbocycles. The summed E-state index contributed by atoms with van der Waals surface area (Å²) in [6.45, 7) is 6.64. The number of hydrogen-bond donors (Lipinski definition) is 0. The molecule has 17 heavy (non-hydrogen) atoms. The Balaban J connectivity index is 2.42. The summed E-state index contributed by atoms with van der Waals surface area (Å²) in [6, 6.07) is 0.150. The minimum atomic E-state index is -0.223. The average Bonchev–Trinajstić information content (AvgIpc) is 2.14. The second-order valence-electron chi connectivity index (χ2n) is 4.81. The first-order valence-corrected chi connectivity index (χ1v) is 6.52. The van der Waals surface area contributed by atoms with E-state index in [1.54, 1.807) is 11.8 Å². The maximum Gasteiger partial charge on any atom is 0.307 e. The predicted octanol–water partition coefficient (Wildman–Crippen LogP) is 1.98. The van der Waals surface area contributed by atoms with E-state index in [0.717, 1.165) is 19.3 Å². The third-order valence-electron chi connectivity index (χ3n) is 3.22. The second-order valence-corrected chi connectivity index (χ2v) is 4.81. The molecule has 0 aromatic rings. The van der Waals surface area contributed by atoms with Crippen LogP contribution in [0.5, 0.6) is 0 Å². The van der Waals surface area contributed by atoms with E-state index in [9.17, 15) is 9.59 Å². The molecule has 0 atom stereocenters. The van der Waals surface area contributed by atoms with Crippen LogP contribution in [0.4, 0.5) is 0 Å². The number of carbonyl (C=O) groups is 2. The lowest BCUT2D eigenvalue weighted by atomic mass is 9.84. The van der Waals surface area contributed by atoms with Crippen LogP contribution in [0.25, 0.3) is 0 Å². The van der Waals surface area contributed by atoms with Crippen molar-refractivity contribution in [1.82, 2.24) is 4.90 Å². The van der Waals surface area contributed by atoms with Gasteiger partial charge < -0.3 is 9.64 Å². The zero-order chi connectivity index (χ0) is 12.8. The van der Waals surface area contributed by atoms with Gasteiger partial charge in [0, 0.05) is 18.5 Å². The summed E-state index contributed by atoms with van der Waals surface area (Å²) >= 11 is 0. The topological polar surface area (TPSA) is 46.6 Å². The molecule has 0 saturated heterocycles. The van der Waals surface area contributed by atoms with Gasteiger partial charge in [0.25, 0.3) is 0 Å². The molecule has 4 heteroatoms. The highest BCUT2D eigenvalue weighted by Gasteiger charge is 2.30. The van der Waals surface area contributed by atoms with Crippen LogP contribution in [0.15, 0.2) is 0 Å². The van der Waals surface area contributed by atoms with Crippen LogP contribution in [-0.4, -0.2) is 36.0 Å². The Labute approximate surface area is 103 Å². The summed E-state index contributed by atoms with van der Waals surface area (Å²) in [5.41, 5.74) is 0. The van der Waals surface area contributed by atoms with Gasteiger partial charge in [-0.25, -0.2) is 0 Å². The Hall–Kier alpha value is -1.06. The van der Waals surface area contributed by atoms with E-state index in [1.807, 2.05) is 13.8 Å². The fourth-order valence-corrected chi connectivity index (χ4v) is 1.96. The Morgan fingerprint density at radius 2 is 2.00 bits per heavy atom. The normalized spacial score (nSPS) is 15.5. The van der Waals surface area contributed by atoms with E-state index >= 15 is 0 Å². The smallest absolute Gasteiger partial charge is 0.307 e. The largest absolute Gasteiger partial charge is 0.466 e. The molecular weight excluding hydrogens is 218 g/mol. The number of amides is 1. The third-order valence-corrected chi connectivity index (χ3v) is 3.22. The molecule has 0 unspecified atom stereocenters. The minimum absolute atomic E-state index is 0.150. The molecule has 0 spiro atoms. The summed E-state index contributed by atoms with van der Waals surface area (Å²) in [4.78, 5) is 25.2. The highest BCUT2D eigenvalue weighted by molar-refractivity contribution is 5.80. The van der Waals surface area contributed by atoms with Gasteiger partial charge in [0.05, 0.1) is 13.0 Å². The third kappa shape index (κ3) is 4.02. The van der Waals surface area contributed by atoms with E-state index < -0.39 is 0 Å². The molecule has 0 N–H and O–H groups in total. The Morgan fingerprint density at radius 3 is 2.41 bits per heavy atom. The zero-order valence-electron chi connectivity index (χ0n) is 11.1. The summed E-state index contributed by atoms with van der Waals surface area (Å²) < 4.78 is 4.88. The molecule has 0 heterocycles. The van der Waals surface area contributed by atoms with Crippen molar-refractivity contribution in [3.05, 3.63) is 0 Å². The number of hydrogen-bond acceptors (Lipinski definition) is 3. The fourth-order valence-electron chi connectivity index (χ4n) is 1.96. The van der Waals surface area contributed by atoms with Crippen LogP contribution in [0.2, 0.25) is 0 Å². The molecule has 1 fully saturated rings. The van der Waals surface area contributed by atoms with Crippen molar-refractivity contribution in [1.29, 1.82) is 0 Å². The van der Waals surface area contributed by atoms with Crippen molar-refractivity contribution in [2.45, 2.75) is 52.5 Å². The number of esters is 1. The van der Waals surface area contributed by atoms with Gasteiger partial charge >= 0.3 is 5.97 Å². The van der Waals surface area contributed by atoms with Gasteiger partial charge in [0.15, 0.2) is 0 Å². The molecule has 4 nitrogen and oxygen atoms in total. The first kappa shape index (κ1) is 14.0. The summed E-state index contributed by atoms with van der Waals surface area (Å²) in [5.74, 6) is 0.176. The van der Waals surface area contributed by atoms with Crippen molar-refractivity contribution >= 4 is 11.9 Å². The summed E-state index contributed by atoms with van der Waals surface area (Å²) in [5, 5.41) is 0. The Morgan fingerprint density at radius 1 is 1.35 bits per heavy atom. The Kier molecular flexibility index (Phi) is 5.45. The fraction of sp³-hybridized carbons (Fsp3) is 0.846. The van der Waals surface area contributed by atoms with Crippen LogP contribution in [0.3, 0.4) is 0 Å². The van der Waals surface area contributed by atoms with Crippen molar-refractivity contribution in [2.75, 3.05) is 13.2 Å². The first-order valence-electron chi connectivity index (χ1n) is 6.52. The molecule has 0 aromatic carbocycles. The SMILES string of the molecule is CCOC(=O)CCN(C(=O)C1CCC1)C(C)C. The zero-order valence-corrected chi connectivity index (χ0v) is 11.1. The maximum absolute atomic E-state index is 12.1. The average molecular weight is 241 g/mol. The van der Waals surface area contributed by atoms with Gasteiger partial charge in [-0.1, -0.05) is 6.42 Å². The predicted molar refractivity (Wildman–Crippen MR) is 65.4 cm³/mol. The van der Waals surface area contributed by atoms with Crippen molar-refractivity contribution in [2.24, 2.45) is 5.92 Å². The molecule has 1 rings (SSSR count). The van der Waals surface area contributed by atoms with Crippen molar-refractivity contribution in [3.8, 4) is 0 Å². The van der Waals surface area contributed by atoms with Gasteiger partial charge in [0.2, 0.25) is 5.91 Å². The minimum Gasteiger partial charge on any atom is -0.466 e. The molecular formula is C13H23NO3. The lowest BCUT2D eigenvalue weighted by Gasteiger charge is -2.34. The summed E-state index contributed by atoms with van der Waals surface area (Å²) in [6.07, 6.45) is 3.45. The van der Waals surface area contributed by atoms with Crippen LogP contribution in [0.1, 0.15) is 46.5 Å². The van der Waals surface area contributed by atoms with Crippen LogP contribution in [-0.2, 0) is 14.3 Å². The van der Waals surface area contributed by atoms with Crippen LogP contribution >= 0.6 is 0 Å². The number of nitrogens with zero attached hydrogens (tertiary/aromatic N) is 1. The highest BCUT2D eigenvalue weighted by Crippen LogP contribution is 2.28. The monoisotopic (exact) mass is 241 g/mol. The molecule has 0 aliphatic heterocycles. The molecule has 0 aromatic heterocycles. The lowest BCUT2D eigenvalue weighted by Crippen LogP contribution is -2.44. The number of ether oxygens (including phenoxy) is 1. The first-order chi connectivity index (χ1) is 8.06. The Bertz CT molecular complexity index is 272. The lowest BCUT2D eigenvalue weighted by molar-refractivity contribution is -0.145. The van der Waals surface area contributed by atoms with E-state index in [1.165, 1.54) is 0 Å².